The molecule has 0 spiro atoms. The van der Waals surface area contributed by atoms with Gasteiger partial charge in [0.1, 0.15) is 0 Å². The zero-order chi connectivity index (χ0) is 14.7. The van der Waals surface area contributed by atoms with E-state index in [-0.39, 0.29) is 22.9 Å². The third kappa shape index (κ3) is 2.69. The molecule has 5 nitrogen and oxygen atoms in total. The topological polar surface area (TPSA) is 61.6 Å². The molecule has 0 bridgehead atoms. The van der Waals surface area contributed by atoms with Gasteiger partial charge in [0, 0.05) is 6.07 Å². The van der Waals surface area contributed by atoms with E-state index in [0.29, 0.717) is 0 Å². The number of methoxy groups -OCH3 is 1. The van der Waals surface area contributed by atoms with Crippen molar-refractivity contribution < 1.29 is 18.8 Å². The Kier molecular flexibility index (Phi) is 3.84. The van der Waals surface area contributed by atoms with E-state index in [2.05, 4.69) is 0 Å². The van der Waals surface area contributed by atoms with Gasteiger partial charge >= 0.3 is 5.69 Å². The van der Waals surface area contributed by atoms with Crippen molar-refractivity contribution >= 4 is 5.69 Å². The lowest BCUT2D eigenvalue weighted by atomic mass is 10.2. The van der Waals surface area contributed by atoms with Crippen molar-refractivity contribution in [1.29, 1.82) is 0 Å². The van der Waals surface area contributed by atoms with Crippen LogP contribution in [0.15, 0.2) is 36.4 Å². The number of aryl methyl sites for hydroxylation is 1. The smallest absolute Gasteiger partial charge is 0.311 e. The summed E-state index contributed by atoms with van der Waals surface area (Å²) in [6, 6.07) is 8.55. The minimum atomic E-state index is -0.653. The minimum absolute atomic E-state index is 0.0293. The monoisotopic (exact) mass is 277 g/mol. The van der Waals surface area contributed by atoms with Crippen LogP contribution in [0.1, 0.15) is 5.56 Å². The van der Waals surface area contributed by atoms with E-state index in [1.54, 1.807) is 13.0 Å². The van der Waals surface area contributed by atoms with Crippen molar-refractivity contribution in [1.82, 2.24) is 0 Å². The summed E-state index contributed by atoms with van der Waals surface area (Å²) in [5.41, 5.74) is 0.529. The van der Waals surface area contributed by atoms with Gasteiger partial charge in [0.05, 0.1) is 12.0 Å². The molecule has 6 heteroatoms. The fraction of sp³-hybridized carbons (Fsp3) is 0.143. The molecule has 2 rings (SSSR count). The highest BCUT2D eigenvalue weighted by atomic mass is 19.1. The molecule has 2 aromatic carbocycles. The van der Waals surface area contributed by atoms with Crippen LogP contribution in [0.5, 0.6) is 17.2 Å². The van der Waals surface area contributed by atoms with Crippen LogP contribution in [0.3, 0.4) is 0 Å². The number of halogens is 1. The summed E-state index contributed by atoms with van der Waals surface area (Å²) in [4.78, 5) is 10.4. The number of ether oxygens (including phenoxy) is 2. The predicted molar refractivity (Wildman–Crippen MR) is 70.9 cm³/mol. The summed E-state index contributed by atoms with van der Waals surface area (Å²) in [6.45, 7) is 1.76. The van der Waals surface area contributed by atoms with Gasteiger partial charge in [-0.25, -0.2) is 4.39 Å². The lowest BCUT2D eigenvalue weighted by molar-refractivity contribution is -0.385. The van der Waals surface area contributed by atoms with Gasteiger partial charge in [-0.2, -0.15) is 0 Å². The second-order valence-electron chi connectivity index (χ2n) is 4.10. The van der Waals surface area contributed by atoms with Crippen LogP contribution in [0, 0.1) is 22.9 Å². The van der Waals surface area contributed by atoms with Crippen molar-refractivity contribution in [3.63, 3.8) is 0 Å². The van der Waals surface area contributed by atoms with Crippen molar-refractivity contribution in [3.05, 3.63) is 57.9 Å². The van der Waals surface area contributed by atoms with E-state index in [4.69, 9.17) is 9.47 Å². The molecule has 0 heterocycles. The standard InChI is InChI=1S/C14H12FNO4/c1-9-6-7-11(16(17)18)13(8-9)20-14-10(15)4-3-5-12(14)19-2/h3-8H,1-2H3. The Morgan fingerprint density at radius 1 is 1.20 bits per heavy atom. The number of hydrogen-bond donors (Lipinski definition) is 0. The molecule has 0 radical (unpaired) electrons. The normalized spacial score (nSPS) is 10.2. The third-order valence-corrected chi connectivity index (χ3v) is 2.67. The molecular weight excluding hydrogens is 265 g/mol. The maximum Gasteiger partial charge on any atom is 0.311 e. The molecule has 0 aliphatic rings. The summed E-state index contributed by atoms with van der Waals surface area (Å²) in [6.07, 6.45) is 0. The number of benzene rings is 2. The minimum Gasteiger partial charge on any atom is -0.493 e. The zero-order valence-electron chi connectivity index (χ0n) is 10.9. The SMILES string of the molecule is COc1cccc(F)c1Oc1cc(C)ccc1[N+](=O)[O-]. The van der Waals surface area contributed by atoms with Gasteiger partial charge in [-0.05, 0) is 30.7 Å². The molecule has 20 heavy (non-hydrogen) atoms. The fourth-order valence-corrected chi connectivity index (χ4v) is 1.71. The summed E-state index contributed by atoms with van der Waals surface area (Å²) < 4.78 is 24.1. The number of nitrogens with zero attached hydrogens (tertiary/aromatic N) is 1. The van der Waals surface area contributed by atoms with Crippen LogP contribution in [0.4, 0.5) is 10.1 Å². The van der Waals surface area contributed by atoms with Gasteiger partial charge < -0.3 is 9.47 Å². The summed E-state index contributed by atoms with van der Waals surface area (Å²) >= 11 is 0. The van der Waals surface area contributed by atoms with Crippen LogP contribution in [0.2, 0.25) is 0 Å². The van der Waals surface area contributed by atoms with Gasteiger partial charge in [0.25, 0.3) is 0 Å². The second kappa shape index (κ2) is 5.56. The second-order valence-corrected chi connectivity index (χ2v) is 4.10. The number of rotatable bonds is 4. The summed E-state index contributed by atoms with van der Waals surface area (Å²) in [5, 5.41) is 11.0. The molecule has 0 amide bonds. The van der Waals surface area contributed by atoms with E-state index in [0.717, 1.165) is 5.56 Å². The van der Waals surface area contributed by atoms with E-state index in [1.165, 1.54) is 37.4 Å². The first kappa shape index (κ1) is 13.8. The molecule has 0 aliphatic heterocycles. The van der Waals surface area contributed by atoms with Gasteiger partial charge in [-0.15, -0.1) is 0 Å². The van der Waals surface area contributed by atoms with E-state index in [9.17, 15) is 14.5 Å². The first-order valence-electron chi connectivity index (χ1n) is 5.78. The van der Waals surface area contributed by atoms with Crippen molar-refractivity contribution in [2.75, 3.05) is 7.11 Å². The van der Waals surface area contributed by atoms with Crippen molar-refractivity contribution in [3.8, 4) is 17.2 Å². The van der Waals surface area contributed by atoms with Crippen molar-refractivity contribution in [2.24, 2.45) is 0 Å². The van der Waals surface area contributed by atoms with E-state index >= 15 is 0 Å². The van der Waals surface area contributed by atoms with Crippen LogP contribution in [-0.4, -0.2) is 12.0 Å². The van der Waals surface area contributed by atoms with Gasteiger partial charge in [-0.3, -0.25) is 10.1 Å². The largest absolute Gasteiger partial charge is 0.493 e. The summed E-state index contributed by atoms with van der Waals surface area (Å²) in [7, 11) is 1.37. The Bertz CT molecular complexity index is 658. The van der Waals surface area contributed by atoms with Gasteiger partial charge in [-0.1, -0.05) is 12.1 Å². The Balaban J connectivity index is 2.50. The Morgan fingerprint density at radius 2 is 1.95 bits per heavy atom. The lowest BCUT2D eigenvalue weighted by Gasteiger charge is -2.11. The van der Waals surface area contributed by atoms with Crippen LogP contribution in [-0.2, 0) is 0 Å². The van der Waals surface area contributed by atoms with Crippen LogP contribution in [0.25, 0.3) is 0 Å². The Labute approximate surface area is 114 Å². The number of nitro groups is 1. The number of para-hydroxylation sites is 1. The van der Waals surface area contributed by atoms with Crippen LogP contribution >= 0.6 is 0 Å². The first-order valence-corrected chi connectivity index (χ1v) is 5.78. The van der Waals surface area contributed by atoms with Crippen LogP contribution < -0.4 is 9.47 Å². The van der Waals surface area contributed by atoms with E-state index < -0.39 is 10.7 Å². The molecule has 0 saturated heterocycles. The third-order valence-electron chi connectivity index (χ3n) is 2.67. The maximum absolute atomic E-state index is 13.8. The summed E-state index contributed by atoms with van der Waals surface area (Å²) in [5.74, 6) is -0.692. The molecule has 0 saturated carbocycles. The fourth-order valence-electron chi connectivity index (χ4n) is 1.71. The Hall–Kier alpha value is -2.63. The highest BCUT2D eigenvalue weighted by Gasteiger charge is 2.19. The zero-order valence-corrected chi connectivity index (χ0v) is 10.9. The van der Waals surface area contributed by atoms with Gasteiger partial charge in [0.15, 0.2) is 11.6 Å². The number of nitro benzene ring substituents is 1. The molecule has 0 atom stereocenters. The first-order chi connectivity index (χ1) is 9.52. The number of hydrogen-bond acceptors (Lipinski definition) is 4. The van der Waals surface area contributed by atoms with Gasteiger partial charge in [0.2, 0.25) is 11.5 Å². The molecule has 0 N–H and O–H groups in total. The molecule has 104 valence electrons. The molecular formula is C14H12FNO4. The highest BCUT2D eigenvalue weighted by molar-refractivity contribution is 5.52. The highest BCUT2D eigenvalue weighted by Crippen LogP contribution is 2.38. The molecule has 0 unspecified atom stereocenters. The molecule has 0 aliphatic carbocycles. The average molecular weight is 277 g/mol. The maximum atomic E-state index is 13.8. The van der Waals surface area contributed by atoms with Crippen molar-refractivity contribution in [2.45, 2.75) is 6.92 Å². The quantitative estimate of drug-likeness (QED) is 0.629. The van der Waals surface area contributed by atoms with E-state index in [1.807, 2.05) is 0 Å². The lowest BCUT2D eigenvalue weighted by Crippen LogP contribution is -1.97. The predicted octanol–water partition coefficient (Wildman–Crippen LogP) is 3.84. The molecule has 2 aromatic rings. The molecule has 0 fully saturated rings. The Morgan fingerprint density at radius 3 is 2.60 bits per heavy atom. The molecule has 0 aromatic heterocycles. The average Bonchev–Trinajstić information content (AvgIpc) is 2.40.